The van der Waals surface area contributed by atoms with Crippen LogP contribution in [0.3, 0.4) is 0 Å². The molecule has 0 unspecified atom stereocenters. The van der Waals surface area contributed by atoms with Gasteiger partial charge in [-0.3, -0.25) is 4.79 Å². The number of hydrogen-bond donors (Lipinski definition) is 3. The monoisotopic (exact) mass is 388 g/mol. The number of amides is 1. The number of nitrogens with one attached hydrogen (secondary N) is 2. The zero-order valence-electron chi connectivity index (χ0n) is 14.8. The maximum absolute atomic E-state index is 14.4. The molecule has 3 aromatic heterocycles. The quantitative estimate of drug-likeness (QED) is 0.439. The van der Waals surface area contributed by atoms with Crippen molar-refractivity contribution < 1.29 is 9.18 Å². The van der Waals surface area contributed by atoms with E-state index in [4.69, 9.17) is 5.73 Å². The van der Waals surface area contributed by atoms with Crippen molar-refractivity contribution in [3.63, 3.8) is 0 Å². The van der Waals surface area contributed by atoms with Crippen LogP contribution in [0, 0.1) is 5.82 Å². The van der Waals surface area contributed by atoms with E-state index in [0.29, 0.717) is 5.56 Å². The van der Waals surface area contributed by atoms with Crippen LogP contribution < -0.4 is 11.4 Å². The summed E-state index contributed by atoms with van der Waals surface area (Å²) >= 11 is 0. The number of imidazole rings is 1. The van der Waals surface area contributed by atoms with E-state index in [9.17, 15) is 14.0 Å². The molecule has 8 nitrogen and oxygen atoms in total. The molecule has 0 aliphatic heterocycles. The second-order valence-electron chi connectivity index (χ2n) is 6.42. The molecule has 0 saturated carbocycles. The molecule has 4 N–H and O–H groups in total. The summed E-state index contributed by atoms with van der Waals surface area (Å²) in [6.07, 6.45) is 1.70. The third-order valence-corrected chi connectivity index (χ3v) is 4.69. The molecular weight excluding hydrogens is 375 g/mol. The van der Waals surface area contributed by atoms with E-state index in [2.05, 4.69) is 19.9 Å². The van der Waals surface area contributed by atoms with E-state index in [-0.39, 0.29) is 28.4 Å². The van der Waals surface area contributed by atoms with Crippen LogP contribution in [0.2, 0.25) is 0 Å². The summed E-state index contributed by atoms with van der Waals surface area (Å²) < 4.78 is 15.5. The number of carbonyl (C=O) groups excluding carboxylic acids is 1. The number of carbonyl (C=O) groups is 1. The number of hydrogen-bond acceptors (Lipinski definition) is 4. The van der Waals surface area contributed by atoms with Crippen LogP contribution in [0.5, 0.6) is 0 Å². The average Bonchev–Trinajstić information content (AvgIpc) is 3.28. The van der Waals surface area contributed by atoms with Crippen molar-refractivity contribution in [2.24, 2.45) is 5.73 Å². The lowest BCUT2D eigenvalue weighted by atomic mass is 10.1. The molecule has 3 heterocycles. The fourth-order valence-corrected chi connectivity index (χ4v) is 3.40. The Bertz CT molecular complexity index is 1480. The first-order valence-corrected chi connectivity index (χ1v) is 8.68. The lowest BCUT2D eigenvalue weighted by molar-refractivity contribution is 0.0997. The Morgan fingerprint density at radius 3 is 2.62 bits per heavy atom. The minimum atomic E-state index is -0.833. The highest BCUT2D eigenvalue weighted by Gasteiger charge is 2.22. The first-order valence-electron chi connectivity index (χ1n) is 8.68. The van der Waals surface area contributed by atoms with Crippen LogP contribution in [0.4, 0.5) is 4.39 Å². The molecule has 0 fully saturated rings. The predicted octanol–water partition coefficient (Wildman–Crippen LogP) is 2.50. The number of aromatic amines is 2. The molecule has 0 aliphatic rings. The maximum Gasteiger partial charge on any atom is 0.332 e. The number of aromatic nitrogens is 5. The largest absolute Gasteiger partial charge is 0.364 e. The van der Waals surface area contributed by atoms with Gasteiger partial charge in [-0.15, -0.1) is 0 Å². The number of benzene rings is 2. The summed E-state index contributed by atoms with van der Waals surface area (Å²) in [6.45, 7) is 0. The number of nitrogens with two attached hydrogens (primary N) is 1. The Morgan fingerprint density at radius 2 is 1.83 bits per heavy atom. The topological polar surface area (TPSA) is 122 Å². The highest BCUT2D eigenvalue weighted by molar-refractivity contribution is 6.03. The van der Waals surface area contributed by atoms with Crippen molar-refractivity contribution >= 4 is 28.0 Å². The van der Waals surface area contributed by atoms with Crippen molar-refractivity contribution in [3.8, 4) is 17.1 Å². The third kappa shape index (κ3) is 2.52. The Kier molecular flexibility index (Phi) is 3.56. The lowest BCUT2D eigenvalue weighted by Gasteiger charge is -2.06. The molecule has 0 aliphatic carbocycles. The fraction of sp³-hybridized carbons (Fsp3) is 0. The zero-order chi connectivity index (χ0) is 20.1. The molecule has 5 rings (SSSR count). The number of nitrogens with zero attached hydrogens (tertiary/aromatic N) is 3. The first-order chi connectivity index (χ1) is 14.0. The summed E-state index contributed by atoms with van der Waals surface area (Å²) in [4.78, 5) is 39.0. The van der Waals surface area contributed by atoms with Gasteiger partial charge in [-0.1, -0.05) is 30.3 Å². The molecule has 0 spiro atoms. The molecule has 5 aromatic rings. The lowest BCUT2D eigenvalue weighted by Crippen LogP contribution is -2.16. The van der Waals surface area contributed by atoms with Gasteiger partial charge in [0.2, 0.25) is 0 Å². The van der Waals surface area contributed by atoms with Gasteiger partial charge >= 0.3 is 5.69 Å². The molecule has 2 aromatic carbocycles. The summed E-state index contributed by atoms with van der Waals surface area (Å²) in [5, 5.41) is 0.831. The summed E-state index contributed by atoms with van der Waals surface area (Å²) in [6, 6.07) is 13.3. The molecule has 0 radical (unpaired) electrons. The van der Waals surface area contributed by atoms with Gasteiger partial charge in [-0.2, -0.15) is 0 Å². The number of para-hydroxylation sites is 2. The summed E-state index contributed by atoms with van der Waals surface area (Å²) in [5.41, 5.74) is 6.29. The molecular formula is C20H13FN6O2. The molecule has 0 saturated heterocycles. The maximum atomic E-state index is 14.4. The smallest absolute Gasteiger partial charge is 0.332 e. The third-order valence-electron chi connectivity index (χ3n) is 4.69. The fourth-order valence-electron chi connectivity index (χ4n) is 3.40. The van der Waals surface area contributed by atoms with Gasteiger partial charge in [0.1, 0.15) is 11.3 Å². The van der Waals surface area contributed by atoms with E-state index in [0.717, 1.165) is 15.5 Å². The van der Waals surface area contributed by atoms with Gasteiger partial charge < -0.3 is 15.7 Å². The Labute approximate surface area is 161 Å². The number of primary amides is 1. The highest BCUT2D eigenvalue weighted by atomic mass is 19.1. The first kappa shape index (κ1) is 16.9. The van der Waals surface area contributed by atoms with Gasteiger partial charge in [-0.25, -0.2) is 23.7 Å². The Morgan fingerprint density at radius 1 is 1.07 bits per heavy atom. The average molecular weight is 388 g/mol. The molecule has 9 heteroatoms. The van der Waals surface area contributed by atoms with E-state index >= 15 is 0 Å². The van der Waals surface area contributed by atoms with Gasteiger partial charge in [0.25, 0.3) is 5.91 Å². The zero-order valence-corrected chi connectivity index (χ0v) is 14.8. The number of halogens is 1. The Hall–Kier alpha value is -4.27. The van der Waals surface area contributed by atoms with E-state index in [1.54, 1.807) is 12.3 Å². The van der Waals surface area contributed by atoms with Gasteiger partial charge in [-0.05, 0) is 18.2 Å². The Balaban J connectivity index is 1.88. The van der Waals surface area contributed by atoms with Crippen molar-refractivity contribution in [3.05, 3.63) is 76.7 Å². The summed E-state index contributed by atoms with van der Waals surface area (Å²) in [5.74, 6) is -1.25. The normalized spacial score (nSPS) is 11.3. The second-order valence-corrected chi connectivity index (χ2v) is 6.42. The molecule has 29 heavy (non-hydrogen) atoms. The second kappa shape index (κ2) is 6.13. The standard InChI is InChI=1S/C20H13FN6O2/c21-12-6-2-4-8-14(12)27-19-16(25-20(27)29)15(17(22)28)24-18(26-19)11-9-23-13-7-3-1-5-10(11)13/h1-9,23H,(H2,22,28)(H,25,29). The van der Waals surface area contributed by atoms with Gasteiger partial charge in [0, 0.05) is 22.7 Å². The van der Waals surface area contributed by atoms with Gasteiger partial charge in [0.05, 0.1) is 5.69 Å². The van der Waals surface area contributed by atoms with E-state index in [1.165, 1.54) is 18.2 Å². The van der Waals surface area contributed by atoms with Crippen molar-refractivity contribution in [2.45, 2.75) is 0 Å². The molecule has 142 valence electrons. The highest BCUT2D eigenvalue weighted by Crippen LogP contribution is 2.28. The molecule has 0 bridgehead atoms. The number of fused-ring (bicyclic) bond motifs is 2. The SMILES string of the molecule is NC(=O)c1nc(-c2c[nH]c3ccccc23)nc2c1[nH]c(=O)n2-c1ccccc1F. The minimum absolute atomic E-state index is 0.00254. The van der Waals surface area contributed by atoms with E-state index < -0.39 is 17.4 Å². The van der Waals surface area contributed by atoms with Crippen LogP contribution in [0.1, 0.15) is 10.5 Å². The van der Waals surface area contributed by atoms with Crippen LogP contribution >= 0.6 is 0 Å². The van der Waals surface area contributed by atoms with Crippen molar-refractivity contribution in [2.75, 3.05) is 0 Å². The van der Waals surface area contributed by atoms with Crippen molar-refractivity contribution in [1.82, 2.24) is 24.5 Å². The van der Waals surface area contributed by atoms with Crippen molar-refractivity contribution in [1.29, 1.82) is 0 Å². The van der Waals surface area contributed by atoms with E-state index in [1.807, 2.05) is 24.3 Å². The number of rotatable bonds is 3. The summed E-state index contributed by atoms with van der Waals surface area (Å²) in [7, 11) is 0. The van der Waals surface area contributed by atoms with Crippen LogP contribution in [0.25, 0.3) is 39.1 Å². The van der Waals surface area contributed by atoms with Crippen LogP contribution in [-0.2, 0) is 0 Å². The molecule has 1 amide bonds. The number of H-pyrrole nitrogens is 2. The predicted molar refractivity (Wildman–Crippen MR) is 105 cm³/mol. The van der Waals surface area contributed by atoms with Gasteiger partial charge in [0.15, 0.2) is 17.2 Å². The minimum Gasteiger partial charge on any atom is -0.364 e. The molecule has 0 atom stereocenters. The van der Waals surface area contributed by atoms with Crippen LogP contribution in [-0.4, -0.2) is 30.4 Å². The van der Waals surface area contributed by atoms with Crippen LogP contribution in [0.15, 0.2) is 59.5 Å².